The highest BCUT2D eigenvalue weighted by Gasteiger charge is 2.19. The second kappa shape index (κ2) is 7.86. The van der Waals surface area contributed by atoms with Crippen LogP contribution < -0.4 is 4.74 Å². The van der Waals surface area contributed by atoms with Crippen molar-refractivity contribution in [1.29, 1.82) is 0 Å². The minimum Gasteiger partial charge on any atom is -0.497 e. The standard InChI is InChI=1S/C20H18O3/c1-15(20(21)23-3)19(17-9-5-4-6-10-17)13-12-16-8-7-11-18(14-16)22-2/h4-11,14,19H,1H2,2-3H3/t19-/m0/s1. The summed E-state index contributed by atoms with van der Waals surface area (Å²) in [4.78, 5) is 11.8. The Morgan fingerprint density at radius 2 is 1.83 bits per heavy atom. The number of hydrogen-bond acceptors (Lipinski definition) is 3. The molecule has 0 spiro atoms. The average molecular weight is 306 g/mol. The maximum absolute atomic E-state index is 11.8. The summed E-state index contributed by atoms with van der Waals surface area (Å²) in [7, 11) is 2.95. The summed E-state index contributed by atoms with van der Waals surface area (Å²) in [5.41, 5.74) is 2.02. The third-order valence-corrected chi connectivity index (χ3v) is 3.36. The van der Waals surface area contributed by atoms with Crippen LogP contribution in [0.25, 0.3) is 0 Å². The summed E-state index contributed by atoms with van der Waals surface area (Å²) < 4.78 is 9.97. The molecule has 2 aromatic carbocycles. The van der Waals surface area contributed by atoms with Gasteiger partial charge in [-0.15, -0.1) is 0 Å². The summed E-state index contributed by atoms with van der Waals surface area (Å²) in [5, 5.41) is 0. The van der Waals surface area contributed by atoms with E-state index in [0.29, 0.717) is 5.57 Å². The molecule has 0 aromatic heterocycles. The lowest BCUT2D eigenvalue weighted by Gasteiger charge is -2.12. The number of ether oxygens (including phenoxy) is 2. The fourth-order valence-electron chi connectivity index (χ4n) is 2.12. The molecule has 23 heavy (non-hydrogen) atoms. The van der Waals surface area contributed by atoms with Crippen molar-refractivity contribution < 1.29 is 14.3 Å². The number of methoxy groups -OCH3 is 2. The highest BCUT2D eigenvalue weighted by molar-refractivity contribution is 5.90. The van der Waals surface area contributed by atoms with Crippen LogP contribution in [-0.4, -0.2) is 20.2 Å². The van der Waals surface area contributed by atoms with Crippen molar-refractivity contribution in [3.8, 4) is 17.6 Å². The first-order valence-corrected chi connectivity index (χ1v) is 7.13. The third kappa shape index (κ3) is 4.24. The lowest BCUT2D eigenvalue weighted by Crippen LogP contribution is -2.11. The molecule has 0 aliphatic carbocycles. The maximum Gasteiger partial charge on any atom is 0.334 e. The topological polar surface area (TPSA) is 35.5 Å². The molecule has 0 fully saturated rings. The maximum atomic E-state index is 11.8. The van der Waals surface area contributed by atoms with E-state index >= 15 is 0 Å². The minimum atomic E-state index is -0.459. The molecule has 0 aliphatic rings. The van der Waals surface area contributed by atoms with Gasteiger partial charge < -0.3 is 9.47 Å². The van der Waals surface area contributed by atoms with E-state index in [2.05, 4.69) is 18.4 Å². The van der Waals surface area contributed by atoms with Crippen molar-refractivity contribution in [3.05, 3.63) is 77.9 Å². The molecule has 2 rings (SSSR count). The summed E-state index contributed by atoms with van der Waals surface area (Å²) in [5.74, 6) is 6.05. The summed E-state index contributed by atoms with van der Waals surface area (Å²) >= 11 is 0. The quantitative estimate of drug-likeness (QED) is 0.492. The first-order valence-electron chi connectivity index (χ1n) is 7.13. The first-order chi connectivity index (χ1) is 11.2. The van der Waals surface area contributed by atoms with Gasteiger partial charge in [0.15, 0.2) is 0 Å². The second-order valence-electron chi connectivity index (χ2n) is 4.86. The Bertz CT molecular complexity index is 751. The fourth-order valence-corrected chi connectivity index (χ4v) is 2.12. The van der Waals surface area contributed by atoms with Gasteiger partial charge >= 0.3 is 5.97 Å². The number of hydrogen-bond donors (Lipinski definition) is 0. The van der Waals surface area contributed by atoms with Crippen molar-refractivity contribution in [3.63, 3.8) is 0 Å². The largest absolute Gasteiger partial charge is 0.497 e. The van der Waals surface area contributed by atoms with E-state index in [-0.39, 0.29) is 0 Å². The van der Waals surface area contributed by atoms with Gasteiger partial charge in [0.1, 0.15) is 5.75 Å². The predicted octanol–water partition coefficient (Wildman–Crippen LogP) is 3.56. The molecule has 0 unspecified atom stereocenters. The Kier molecular flexibility index (Phi) is 5.60. The molecule has 3 heteroatoms. The zero-order valence-electron chi connectivity index (χ0n) is 13.2. The molecule has 116 valence electrons. The van der Waals surface area contributed by atoms with Crippen LogP contribution in [0.4, 0.5) is 0 Å². The molecule has 1 atom stereocenters. The van der Waals surface area contributed by atoms with Crippen molar-refractivity contribution in [1.82, 2.24) is 0 Å². The smallest absolute Gasteiger partial charge is 0.334 e. The molecule has 3 nitrogen and oxygen atoms in total. The molecular formula is C20H18O3. The van der Waals surface area contributed by atoms with E-state index in [9.17, 15) is 4.79 Å². The number of carbonyl (C=O) groups excluding carboxylic acids is 1. The normalized spacial score (nSPS) is 10.9. The molecule has 0 radical (unpaired) electrons. The van der Waals surface area contributed by atoms with Gasteiger partial charge in [-0.2, -0.15) is 0 Å². The van der Waals surface area contributed by atoms with Crippen molar-refractivity contribution in [2.45, 2.75) is 5.92 Å². The summed E-state index contributed by atoms with van der Waals surface area (Å²) in [6.45, 7) is 3.85. The van der Waals surface area contributed by atoms with Gasteiger partial charge in [0, 0.05) is 11.1 Å². The first kappa shape index (κ1) is 16.4. The third-order valence-electron chi connectivity index (χ3n) is 3.36. The second-order valence-corrected chi connectivity index (χ2v) is 4.86. The van der Waals surface area contributed by atoms with E-state index in [4.69, 9.17) is 9.47 Å². The lowest BCUT2D eigenvalue weighted by atomic mass is 9.92. The van der Waals surface area contributed by atoms with Gasteiger partial charge in [-0.25, -0.2) is 4.79 Å². The van der Waals surface area contributed by atoms with Crippen LogP contribution in [0.3, 0.4) is 0 Å². The molecule has 0 bridgehead atoms. The van der Waals surface area contributed by atoms with E-state index in [1.54, 1.807) is 7.11 Å². The van der Waals surface area contributed by atoms with Gasteiger partial charge in [-0.05, 0) is 23.8 Å². The predicted molar refractivity (Wildman–Crippen MR) is 90.2 cm³/mol. The van der Waals surface area contributed by atoms with Crippen LogP contribution in [0, 0.1) is 11.8 Å². The Hall–Kier alpha value is -2.99. The van der Waals surface area contributed by atoms with Crippen LogP contribution in [0.15, 0.2) is 66.7 Å². The molecule has 0 N–H and O–H groups in total. The zero-order valence-corrected chi connectivity index (χ0v) is 13.2. The van der Waals surface area contributed by atoms with Crippen LogP contribution in [0.1, 0.15) is 17.0 Å². The highest BCUT2D eigenvalue weighted by Crippen LogP contribution is 2.23. The monoisotopic (exact) mass is 306 g/mol. The van der Waals surface area contributed by atoms with Crippen molar-refractivity contribution >= 4 is 5.97 Å². The SMILES string of the molecule is C=C(C(=O)OC)[C@H](C#Cc1cccc(OC)c1)c1ccccc1. The Balaban J connectivity index is 2.37. The lowest BCUT2D eigenvalue weighted by molar-refractivity contribution is -0.136. The number of esters is 1. The zero-order chi connectivity index (χ0) is 16.7. The van der Waals surface area contributed by atoms with Crippen molar-refractivity contribution in [2.75, 3.05) is 14.2 Å². The minimum absolute atomic E-state index is 0.314. The molecular weight excluding hydrogens is 288 g/mol. The van der Waals surface area contributed by atoms with Crippen LogP contribution in [-0.2, 0) is 9.53 Å². The molecule has 0 saturated heterocycles. The van der Waals surface area contributed by atoms with Gasteiger partial charge in [0.25, 0.3) is 0 Å². The van der Waals surface area contributed by atoms with Crippen molar-refractivity contribution in [2.24, 2.45) is 0 Å². The fraction of sp³-hybridized carbons (Fsp3) is 0.150. The average Bonchev–Trinajstić information content (AvgIpc) is 2.62. The number of benzene rings is 2. The van der Waals surface area contributed by atoms with E-state index in [0.717, 1.165) is 16.9 Å². The Labute approximate surface area is 136 Å². The Morgan fingerprint density at radius 3 is 2.48 bits per heavy atom. The number of rotatable bonds is 4. The van der Waals surface area contributed by atoms with E-state index in [1.807, 2.05) is 54.6 Å². The van der Waals surface area contributed by atoms with E-state index < -0.39 is 11.9 Å². The van der Waals surface area contributed by atoms with Crippen LogP contribution >= 0.6 is 0 Å². The van der Waals surface area contributed by atoms with Gasteiger partial charge in [0.05, 0.1) is 20.1 Å². The van der Waals surface area contributed by atoms with Crippen LogP contribution in [0.5, 0.6) is 5.75 Å². The van der Waals surface area contributed by atoms with Crippen LogP contribution in [0.2, 0.25) is 0 Å². The van der Waals surface area contributed by atoms with Gasteiger partial charge in [-0.1, -0.05) is 54.8 Å². The summed E-state index contributed by atoms with van der Waals surface area (Å²) in [6, 6.07) is 17.0. The highest BCUT2D eigenvalue weighted by atomic mass is 16.5. The molecule has 0 amide bonds. The van der Waals surface area contributed by atoms with E-state index in [1.165, 1.54) is 7.11 Å². The molecule has 0 aliphatic heterocycles. The molecule has 0 heterocycles. The molecule has 0 saturated carbocycles. The summed E-state index contributed by atoms with van der Waals surface area (Å²) in [6.07, 6.45) is 0. The number of carbonyl (C=O) groups is 1. The van der Waals surface area contributed by atoms with Gasteiger partial charge in [-0.3, -0.25) is 0 Å². The van der Waals surface area contributed by atoms with Gasteiger partial charge in [0.2, 0.25) is 0 Å². The Morgan fingerprint density at radius 1 is 1.09 bits per heavy atom. The molecule has 2 aromatic rings.